The highest BCUT2D eigenvalue weighted by molar-refractivity contribution is 14.1. The maximum atomic E-state index is 12.4. The van der Waals surface area contributed by atoms with E-state index in [1.54, 1.807) is 18.2 Å². The molecular weight excluding hydrogens is 700 g/mol. The third kappa shape index (κ3) is 6.02. The van der Waals surface area contributed by atoms with Crippen LogP contribution in [0.1, 0.15) is 23.6 Å². The van der Waals surface area contributed by atoms with E-state index in [2.05, 4.69) is 59.4 Å². The fourth-order valence-corrected chi connectivity index (χ4v) is 4.38. The molecule has 5 nitrogen and oxygen atoms in total. The van der Waals surface area contributed by atoms with Crippen LogP contribution in [0.25, 0.3) is 6.08 Å². The number of carbonyl (C=O) groups is 1. The molecule has 0 bridgehead atoms. The maximum Gasteiger partial charge on any atom is 0.363 e. The van der Waals surface area contributed by atoms with E-state index in [9.17, 15) is 4.79 Å². The number of benzene rings is 3. The van der Waals surface area contributed by atoms with Crippen molar-refractivity contribution < 1.29 is 19.0 Å². The smallest absolute Gasteiger partial charge is 0.363 e. The second kappa shape index (κ2) is 11.2. The Morgan fingerprint density at radius 1 is 1.09 bits per heavy atom. The first-order valence-electron chi connectivity index (χ1n) is 10.2. The zero-order chi connectivity index (χ0) is 24.2. The number of hydrogen-bond donors (Lipinski definition) is 0. The summed E-state index contributed by atoms with van der Waals surface area (Å²) in [4.78, 5) is 16.8. The number of halogens is 4. The Balaban J connectivity index is 1.61. The van der Waals surface area contributed by atoms with Gasteiger partial charge in [0.25, 0.3) is 0 Å². The molecule has 0 radical (unpaired) electrons. The molecule has 1 heterocycles. The number of esters is 1. The average Bonchev–Trinajstić information content (AvgIpc) is 3.16. The van der Waals surface area contributed by atoms with Crippen molar-refractivity contribution >= 4 is 84.0 Å². The summed E-state index contributed by atoms with van der Waals surface area (Å²) in [6.45, 7) is 2.64. The lowest BCUT2D eigenvalue weighted by molar-refractivity contribution is -0.129. The Hall–Kier alpha value is -1.88. The second-order valence-electron chi connectivity index (χ2n) is 7.14. The monoisotopic (exact) mass is 715 g/mol. The Labute approximate surface area is 232 Å². The lowest BCUT2D eigenvalue weighted by Crippen LogP contribution is -2.05. The molecule has 4 rings (SSSR count). The molecule has 0 N–H and O–H groups in total. The van der Waals surface area contributed by atoms with Crippen LogP contribution in [0.4, 0.5) is 0 Å². The van der Waals surface area contributed by atoms with Crippen LogP contribution in [0, 0.1) is 3.57 Å². The van der Waals surface area contributed by atoms with E-state index in [-0.39, 0.29) is 11.6 Å². The van der Waals surface area contributed by atoms with E-state index < -0.39 is 5.97 Å². The topological polar surface area (TPSA) is 57.1 Å². The summed E-state index contributed by atoms with van der Waals surface area (Å²) in [5.74, 6) is 0.639. The lowest BCUT2D eigenvalue weighted by Gasteiger charge is -2.14. The van der Waals surface area contributed by atoms with Crippen LogP contribution in [-0.4, -0.2) is 18.5 Å². The summed E-state index contributed by atoms with van der Waals surface area (Å²) in [5, 5.41) is 0.368. The molecule has 0 spiro atoms. The van der Waals surface area contributed by atoms with Crippen LogP contribution < -0.4 is 9.47 Å². The van der Waals surface area contributed by atoms with Crippen LogP contribution in [0.3, 0.4) is 0 Å². The quantitative estimate of drug-likeness (QED) is 0.142. The summed E-state index contributed by atoms with van der Waals surface area (Å²) in [6, 6.07) is 16.9. The average molecular weight is 718 g/mol. The van der Waals surface area contributed by atoms with Gasteiger partial charge in [-0.1, -0.05) is 39.7 Å². The standard InChI is InChI=1S/C25H17Br2ClINO4/c1-2-32-22-11-15(9-19(28)23(22)33-13-14-3-6-17(26)7-4-14)10-21-25(31)34-24(30-21)16-5-8-20(29)18(27)12-16/h3-12H,2,13H2,1H3/b21-10-. The van der Waals surface area contributed by atoms with E-state index in [0.29, 0.717) is 40.9 Å². The minimum Gasteiger partial charge on any atom is -0.490 e. The van der Waals surface area contributed by atoms with Crippen LogP contribution in [-0.2, 0) is 16.1 Å². The highest BCUT2D eigenvalue weighted by atomic mass is 127. The fraction of sp³-hybridized carbons (Fsp3) is 0.120. The summed E-state index contributed by atoms with van der Waals surface area (Å²) in [7, 11) is 0. The van der Waals surface area contributed by atoms with Gasteiger partial charge in [-0.15, -0.1) is 0 Å². The third-order valence-electron chi connectivity index (χ3n) is 4.72. The van der Waals surface area contributed by atoms with Crippen molar-refractivity contribution in [3.8, 4) is 11.5 Å². The normalized spacial score (nSPS) is 14.2. The van der Waals surface area contributed by atoms with E-state index in [4.69, 9.17) is 25.8 Å². The van der Waals surface area contributed by atoms with Gasteiger partial charge >= 0.3 is 5.97 Å². The van der Waals surface area contributed by atoms with E-state index in [0.717, 1.165) is 18.1 Å². The number of hydrogen-bond acceptors (Lipinski definition) is 5. The molecule has 1 aliphatic rings. The fourth-order valence-electron chi connectivity index (χ4n) is 3.13. The van der Waals surface area contributed by atoms with Gasteiger partial charge in [0.1, 0.15) is 6.61 Å². The van der Waals surface area contributed by atoms with Crippen LogP contribution in [0.2, 0.25) is 5.02 Å². The molecule has 34 heavy (non-hydrogen) atoms. The van der Waals surface area contributed by atoms with E-state index >= 15 is 0 Å². The Morgan fingerprint density at radius 2 is 1.85 bits per heavy atom. The number of nitrogens with zero attached hydrogens (tertiary/aromatic N) is 1. The molecule has 0 aromatic heterocycles. The van der Waals surface area contributed by atoms with Crippen molar-refractivity contribution in [2.45, 2.75) is 13.5 Å². The first kappa shape index (κ1) is 25.2. The minimum absolute atomic E-state index is 0.173. The lowest BCUT2D eigenvalue weighted by atomic mass is 10.1. The van der Waals surface area contributed by atoms with Crippen molar-refractivity contribution in [3.05, 3.63) is 94.5 Å². The first-order valence-corrected chi connectivity index (χ1v) is 13.2. The van der Waals surface area contributed by atoms with E-state index in [1.165, 1.54) is 0 Å². The molecule has 0 saturated carbocycles. The summed E-state index contributed by atoms with van der Waals surface area (Å²) >= 11 is 15.7. The number of aliphatic imine (C=N–C) groups is 1. The van der Waals surface area contributed by atoms with Crippen molar-refractivity contribution in [3.63, 3.8) is 0 Å². The number of carbonyl (C=O) groups excluding carboxylic acids is 1. The van der Waals surface area contributed by atoms with Crippen molar-refractivity contribution in [2.24, 2.45) is 4.99 Å². The zero-order valence-electron chi connectivity index (χ0n) is 17.8. The second-order valence-corrected chi connectivity index (χ2v) is 10.5. The van der Waals surface area contributed by atoms with Gasteiger partial charge in [0.2, 0.25) is 5.90 Å². The predicted octanol–water partition coefficient (Wildman–Crippen LogP) is 7.79. The Morgan fingerprint density at radius 3 is 2.56 bits per heavy atom. The minimum atomic E-state index is -0.533. The van der Waals surface area contributed by atoms with Crippen molar-refractivity contribution in [1.82, 2.24) is 0 Å². The highest BCUT2D eigenvalue weighted by Crippen LogP contribution is 2.38. The number of cyclic esters (lactones) is 1. The zero-order valence-corrected chi connectivity index (χ0v) is 23.9. The van der Waals surface area contributed by atoms with Gasteiger partial charge in [-0.2, -0.15) is 0 Å². The molecule has 9 heteroatoms. The number of rotatable bonds is 7. The Bertz CT molecular complexity index is 1310. The van der Waals surface area contributed by atoms with Gasteiger partial charge in [-0.3, -0.25) is 0 Å². The van der Waals surface area contributed by atoms with Crippen LogP contribution >= 0.6 is 66.1 Å². The van der Waals surface area contributed by atoms with Gasteiger partial charge < -0.3 is 14.2 Å². The van der Waals surface area contributed by atoms with Crippen LogP contribution in [0.5, 0.6) is 11.5 Å². The van der Waals surface area contributed by atoms with Crippen molar-refractivity contribution in [2.75, 3.05) is 6.61 Å². The van der Waals surface area contributed by atoms with E-state index in [1.807, 2.05) is 49.4 Å². The largest absolute Gasteiger partial charge is 0.490 e. The number of ether oxygens (including phenoxy) is 3. The molecule has 174 valence electrons. The molecule has 0 saturated heterocycles. The summed E-state index contributed by atoms with van der Waals surface area (Å²) in [6.07, 6.45) is 1.62. The molecule has 3 aromatic carbocycles. The highest BCUT2D eigenvalue weighted by Gasteiger charge is 2.25. The maximum absolute atomic E-state index is 12.4. The van der Waals surface area contributed by atoms with Crippen LogP contribution in [0.15, 0.2) is 74.2 Å². The van der Waals surface area contributed by atoms with Gasteiger partial charge in [-0.05, 0) is 105 Å². The molecule has 0 atom stereocenters. The first-order chi connectivity index (χ1) is 16.3. The van der Waals surface area contributed by atoms with Gasteiger partial charge in [0.05, 0.1) is 11.6 Å². The predicted molar refractivity (Wildman–Crippen MR) is 149 cm³/mol. The molecular formula is C25H17Br2ClINO4. The van der Waals surface area contributed by atoms with Gasteiger partial charge in [-0.25, -0.2) is 9.79 Å². The van der Waals surface area contributed by atoms with Gasteiger partial charge in [0, 0.05) is 18.1 Å². The van der Waals surface area contributed by atoms with Crippen molar-refractivity contribution in [1.29, 1.82) is 0 Å². The molecule has 0 aliphatic carbocycles. The van der Waals surface area contributed by atoms with Gasteiger partial charge in [0.15, 0.2) is 17.2 Å². The molecule has 0 amide bonds. The third-order valence-corrected chi connectivity index (χ3v) is 7.87. The molecule has 0 fully saturated rings. The summed E-state index contributed by atoms with van der Waals surface area (Å²) in [5.41, 5.74) is 2.51. The summed E-state index contributed by atoms with van der Waals surface area (Å²) < 4.78 is 20.1. The molecule has 1 aliphatic heterocycles. The Kier molecular flexibility index (Phi) is 8.34. The molecule has 0 unspecified atom stereocenters. The SMILES string of the molecule is CCOc1cc(/C=C2\N=C(c3ccc(I)c(Br)c3)OC2=O)cc(Cl)c1OCc1ccc(Br)cc1. The molecule has 3 aromatic rings.